The molecule has 1 heterocycles. The molecule has 0 fully saturated rings. The minimum Gasteiger partial charge on any atom is -0.618 e. The lowest BCUT2D eigenvalue weighted by atomic mass is 10.1. The molecule has 1 atom stereocenters. The van der Waals surface area contributed by atoms with Crippen LogP contribution in [0, 0.1) is 5.21 Å². The number of pyridine rings is 1. The van der Waals surface area contributed by atoms with Crippen LogP contribution in [0.4, 0.5) is 0 Å². The first-order chi connectivity index (χ1) is 11.0. The lowest BCUT2D eigenvalue weighted by Crippen LogP contribution is -2.36. The molecular formula is C16H15BrN2O4. The predicted molar refractivity (Wildman–Crippen MR) is 86.4 cm³/mol. The van der Waals surface area contributed by atoms with E-state index in [9.17, 15) is 14.8 Å². The van der Waals surface area contributed by atoms with Gasteiger partial charge in [-0.15, -0.1) is 0 Å². The molecule has 0 bridgehead atoms. The number of amides is 1. The molecule has 23 heavy (non-hydrogen) atoms. The molecule has 0 saturated heterocycles. The summed E-state index contributed by atoms with van der Waals surface area (Å²) in [6, 6.07) is 11.6. The van der Waals surface area contributed by atoms with Crippen LogP contribution < -0.4 is 10.0 Å². The van der Waals surface area contributed by atoms with Gasteiger partial charge in [0.25, 0.3) is 5.91 Å². The molecule has 1 aromatic carbocycles. The van der Waals surface area contributed by atoms with Gasteiger partial charge in [0.1, 0.15) is 0 Å². The molecule has 0 aliphatic heterocycles. The summed E-state index contributed by atoms with van der Waals surface area (Å²) in [4.78, 5) is 23.6. The van der Waals surface area contributed by atoms with E-state index in [1.54, 1.807) is 6.07 Å². The van der Waals surface area contributed by atoms with Gasteiger partial charge in [0.15, 0.2) is 12.8 Å². The van der Waals surface area contributed by atoms with Crippen molar-refractivity contribution in [1.29, 1.82) is 0 Å². The van der Waals surface area contributed by atoms with Crippen molar-refractivity contribution in [2.75, 3.05) is 6.61 Å². The monoisotopic (exact) mass is 378 g/mol. The highest BCUT2D eigenvalue weighted by molar-refractivity contribution is 9.10. The molecular weight excluding hydrogens is 364 g/mol. The Morgan fingerprint density at radius 3 is 2.65 bits per heavy atom. The molecule has 7 heteroatoms. The SMILES string of the molecule is C[C@@H](NC(=O)COC(=O)c1cccc[n+]1[O-])c1ccccc1Br. The standard InChI is InChI=1S/C16H15BrN2O4/c1-11(12-6-2-3-7-13(12)17)18-15(20)10-23-16(21)14-8-4-5-9-19(14)22/h2-9,11H,10H2,1H3,(H,18,20)/t11-/m1/s1. The molecule has 2 rings (SSSR count). The molecule has 1 amide bonds. The third-order valence-corrected chi connectivity index (χ3v) is 3.84. The summed E-state index contributed by atoms with van der Waals surface area (Å²) in [6.07, 6.45) is 1.19. The fourth-order valence-electron chi connectivity index (χ4n) is 1.98. The number of hydrogen-bond donors (Lipinski definition) is 1. The Bertz CT molecular complexity index is 721. The van der Waals surface area contributed by atoms with E-state index in [-0.39, 0.29) is 11.7 Å². The van der Waals surface area contributed by atoms with Gasteiger partial charge in [0.2, 0.25) is 0 Å². The molecule has 0 aliphatic carbocycles. The minimum atomic E-state index is -0.843. The maximum Gasteiger partial charge on any atom is 0.405 e. The van der Waals surface area contributed by atoms with E-state index in [0.717, 1.165) is 10.0 Å². The van der Waals surface area contributed by atoms with Gasteiger partial charge in [-0.3, -0.25) is 4.79 Å². The van der Waals surface area contributed by atoms with Gasteiger partial charge in [-0.25, -0.2) is 4.79 Å². The van der Waals surface area contributed by atoms with E-state index in [2.05, 4.69) is 21.2 Å². The molecule has 1 aromatic heterocycles. The summed E-state index contributed by atoms with van der Waals surface area (Å²) in [7, 11) is 0. The number of ether oxygens (including phenoxy) is 1. The molecule has 0 unspecified atom stereocenters. The molecule has 0 aliphatic rings. The lowest BCUT2D eigenvalue weighted by Gasteiger charge is -2.15. The smallest absolute Gasteiger partial charge is 0.405 e. The third kappa shape index (κ3) is 4.53. The van der Waals surface area contributed by atoms with Gasteiger partial charge in [-0.05, 0) is 24.6 Å². The van der Waals surface area contributed by atoms with E-state index >= 15 is 0 Å². The van der Waals surface area contributed by atoms with Crippen LogP contribution in [0.2, 0.25) is 0 Å². The zero-order valence-corrected chi connectivity index (χ0v) is 13.9. The van der Waals surface area contributed by atoms with Gasteiger partial charge in [-0.1, -0.05) is 34.1 Å². The van der Waals surface area contributed by atoms with Crippen molar-refractivity contribution in [2.45, 2.75) is 13.0 Å². The quantitative estimate of drug-likeness (QED) is 0.490. The van der Waals surface area contributed by atoms with Crippen molar-refractivity contribution < 1.29 is 19.1 Å². The van der Waals surface area contributed by atoms with Gasteiger partial charge >= 0.3 is 11.7 Å². The van der Waals surface area contributed by atoms with Gasteiger partial charge in [-0.2, -0.15) is 4.73 Å². The fraction of sp³-hybridized carbons (Fsp3) is 0.188. The van der Waals surface area contributed by atoms with Gasteiger partial charge < -0.3 is 15.3 Å². The zero-order valence-electron chi connectivity index (χ0n) is 12.4. The Hall–Kier alpha value is -2.41. The Kier molecular flexibility index (Phi) is 5.70. The number of carbonyl (C=O) groups is 2. The maximum atomic E-state index is 11.9. The average Bonchev–Trinajstić information content (AvgIpc) is 2.53. The highest BCUT2D eigenvalue weighted by Gasteiger charge is 2.19. The number of nitrogens with zero attached hydrogens (tertiary/aromatic N) is 1. The zero-order chi connectivity index (χ0) is 16.8. The van der Waals surface area contributed by atoms with Crippen molar-refractivity contribution in [3.05, 3.63) is 69.6 Å². The van der Waals surface area contributed by atoms with Gasteiger partial charge in [0.05, 0.1) is 6.04 Å². The van der Waals surface area contributed by atoms with Crippen LogP contribution in [0.15, 0.2) is 53.1 Å². The normalized spacial score (nSPS) is 11.6. The second-order valence-electron chi connectivity index (χ2n) is 4.80. The molecule has 2 aromatic rings. The first-order valence-electron chi connectivity index (χ1n) is 6.88. The Labute approximate surface area is 141 Å². The fourth-order valence-corrected chi connectivity index (χ4v) is 2.61. The van der Waals surface area contributed by atoms with Crippen molar-refractivity contribution in [3.63, 3.8) is 0 Å². The second-order valence-corrected chi connectivity index (χ2v) is 5.65. The summed E-state index contributed by atoms with van der Waals surface area (Å²) in [6.45, 7) is 1.37. The molecule has 0 radical (unpaired) electrons. The Balaban J connectivity index is 1.89. The third-order valence-electron chi connectivity index (χ3n) is 3.12. The first kappa shape index (κ1) is 17.0. The Morgan fingerprint density at radius 2 is 1.96 bits per heavy atom. The summed E-state index contributed by atoms with van der Waals surface area (Å²) < 4.78 is 6.12. The lowest BCUT2D eigenvalue weighted by molar-refractivity contribution is -0.608. The number of benzene rings is 1. The number of esters is 1. The number of rotatable bonds is 5. The summed E-state index contributed by atoms with van der Waals surface area (Å²) in [5, 5.41) is 14.1. The van der Waals surface area contributed by atoms with E-state index in [4.69, 9.17) is 4.74 Å². The Morgan fingerprint density at radius 1 is 1.26 bits per heavy atom. The van der Waals surface area contributed by atoms with Crippen molar-refractivity contribution in [2.24, 2.45) is 0 Å². The number of carbonyl (C=O) groups excluding carboxylic acids is 2. The highest BCUT2D eigenvalue weighted by atomic mass is 79.9. The van der Waals surface area contributed by atoms with E-state index in [1.807, 2.05) is 31.2 Å². The van der Waals surface area contributed by atoms with Crippen LogP contribution in [0.1, 0.15) is 29.0 Å². The minimum absolute atomic E-state index is 0.167. The van der Waals surface area contributed by atoms with Crippen molar-refractivity contribution in [3.8, 4) is 0 Å². The summed E-state index contributed by atoms with van der Waals surface area (Å²) in [5.41, 5.74) is 0.742. The molecule has 6 nitrogen and oxygen atoms in total. The average molecular weight is 379 g/mol. The number of nitrogens with one attached hydrogen (secondary N) is 1. The topological polar surface area (TPSA) is 82.3 Å². The molecule has 120 valence electrons. The number of aromatic nitrogens is 1. The largest absolute Gasteiger partial charge is 0.618 e. The second kappa shape index (κ2) is 7.73. The first-order valence-corrected chi connectivity index (χ1v) is 7.67. The van der Waals surface area contributed by atoms with Crippen LogP contribution in [0.25, 0.3) is 0 Å². The van der Waals surface area contributed by atoms with E-state index < -0.39 is 18.5 Å². The van der Waals surface area contributed by atoms with Crippen LogP contribution in [-0.4, -0.2) is 18.5 Å². The van der Waals surface area contributed by atoms with Gasteiger partial charge in [0, 0.05) is 16.6 Å². The summed E-state index contributed by atoms with van der Waals surface area (Å²) in [5.74, 6) is -1.29. The number of halogens is 1. The van der Waals surface area contributed by atoms with E-state index in [0.29, 0.717) is 4.73 Å². The van der Waals surface area contributed by atoms with Crippen molar-refractivity contribution in [1.82, 2.24) is 5.32 Å². The van der Waals surface area contributed by atoms with Crippen LogP contribution in [0.5, 0.6) is 0 Å². The molecule has 0 spiro atoms. The predicted octanol–water partition coefficient (Wildman–Crippen LogP) is 2.12. The number of hydrogen-bond acceptors (Lipinski definition) is 4. The van der Waals surface area contributed by atoms with Crippen LogP contribution >= 0.6 is 15.9 Å². The van der Waals surface area contributed by atoms with Crippen LogP contribution in [0.3, 0.4) is 0 Å². The van der Waals surface area contributed by atoms with Crippen molar-refractivity contribution >= 4 is 27.8 Å². The molecule has 1 N–H and O–H groups in total. The maximum absolute atomic E-state index is 11.9. The highest BCUT2D eigenvalue weighted by Crippen LogP contribution is 2.22. The summed E-state index contributed by atoms with van der Waals surface area (Å²) >= 11 is 3.41. The van der Waals surface area contributed by atoms with Crippen LogP contribution in [-0.2, 0) is 9.53 Å². The van der Waals surface area contributed by atoms with E-state index in [1.165, 1.54) is 18.3 Å². The molecule has 0 saturated carbocycles.